The number of carbonyl (C=O) groups excluding carboxylic acids is 1. The highest BCUT2D eigenvalue weighted by atomic mass is 33.2. The minimum atomic E-state index is -1.72. The number of para-hydroxylation sites is 1. The zero-order chi connectivity index (χ0) is 13.0. The lowest BCUT2D eigenvalue weighted by molar-refractivity contribution is -0.142. The number of benzene rings is 1. The van der Waals surface area contributed by atoms with Crippen molar-refractivity contribution in [1.29, 1.82) is 0 Å². The van der Waals surface area contributed by atoms with Crippen LogP contribution in [0, 0.1) is 0 Å². The molecule has 0 aliphatic carbocycles. The van der Waals surface area contributed by atoms with E-state index in [-0.39, 0.29) is 5.97 Å². The number of hydrogen-bond acceptors (Lipinski definition) is 5. The van der Waals surface area contributed by atoms with E-state index in [1.54, 1.807) is 22.8 Å². The van der Waals surface area contributed by atoms with Crippen LogP contribution in [0.5, 0.6) is 0 Å². The van der Waals surface area contributed by atoms with Crippen molar-refractivity contribution in [3.63, 3.8) is 0 Å². The molecular weight excluding hydrogens is 305 g/mol. The third-order valence-corrected chi connectivity index (χ3v) is 11.2. The van der Waals surface area contributed by atoms with E-state index in [9.17, 15) is 4.79 Å². The second kappa shape index (κ2) is 6.33. The van der Waals surface area contributed by atoms with Crippen molar-refractivity contribution in [3.05, 3.63) is 24.3 Å². The topological polar surface area (TPSA) is 38.3 Å². The maximum Gasteiger partial charge on any atom is 0.306 e. The molecule has 3 nitrogen and oxygen atoms in total. The van der Waals surface area contributed by atoms with Gasteiger partial charge in [-0.1, -0.05) is 46.7 Å². The van der Waals surface area contributed by atoms with Gasteiger partial charge in [0.1, 0.15) is 4.59 Å². The average Bonchev–Trinajstić information content (AvgIpc) is 2.65. The monoisotopic (exact) mass is 319 g/mol. The summed E-state index contributed by atoms with van der Waals surface area (Å²) in [4.78, 5) is 12.5. The summed E-state index contributed by atoms with van der Waals surface area (Å²) in [6, 6.07) is 8.14. The molecule has 0 radical (unpaired) electrons. The fraction of sp³-hybridized carbons (Fsp3) is 0.364. The Morgan fingerprint density at radius 2 is 2.33 bits per heavy atom. The van der Waals surface area contributed by atoms with Gasteiger partial charge in [0, 0.05) is 10.6 Å². The summed E-state index contributed by atoms with van der Waals surface area (Å²) < 4.78 is 3.18. The molecule has 1 heterocycles. The molecule has 0 bridgehead atoms. The van der Waals surface area contributed by atoms with Crippen molar-refractivity contribution in [3.8, 4) is 0 Å². The highest BCUT2D eigenvalue weighted by Crippen LogP contribution is 2.75. The fourth-order valence-electron chi connectivity index (χ4n) is 1.48. The van der Waals surface area contributed by atoms with Crippen LogP contribution < -0.4 is 5.09 Å². The molecule has 1 aromatic rings. The normalized spacial score (nSPS) is 21.2. The first-order valence-corrected chi connectivity index (χ1v) is 11.4. The van der Waals surface area contributed by atoms with E-state index >= 15 is 0 Å². The van der Waals surface area contributed by atoms with Crippen molar-refractivity contribution in [2.45, 2.75) is 18.2 Å². The van der Waals surface area contributed by atoms with Gasteiger partial charge in [0.15, 0.2) is 0 Å². The molecule has 7 heteroatoms. The van der Waals surface area contributed by atoms with Crippen LogP contribution in [0.25, 0.3) is 0 Å². The van der Waals surface area contributed by atoms with E-state index in [1.165, 1.54) is 4.90 Å². The van der Waals surface area contributed by atoms with Gasteiger partial charge in [-0.25, -0.2) is 0 Å². The summed E-state index contributed by atoms with van der Waals surface area (Å²) in [6.45, 7) is 2.26. The standard InChI is InChI=1S/C11H14NO2PS3/c1-2-14-11(13)7-8-17-15(16)12-9-5-3-4-6-10(9)18-15/h3-6H,2,7-8H2,1H3,(H,12,16). The number of anilines is 1. The third-order valence-electron chi connectivity index (χ3n) is 2.24. The summed E-state index contributed by atoms with van der Waals surface area (Å²) in [5, 5.41) is 3.42. The van der Waals surface area contributed by atoms with Crippen molar-refractivity contribution in [2.75, 3.05) is 17.4 Å². The third kappa shape index (κ3) is 3.67. The van der Waals surface area contributed by atoms with Gasteiger partial charge >= 0.3 is 5.97 Å². The van der Waals surface area contributed by atoms with Crippen LogP contribution >= 0.6 is 27.4 Å². The van der Waals surface area contributed by atoms with E-state index in [0.717, 1.165) is 5.69 Å². The number of fused-ring (bicyclic) bond motifs is 1. The minimum absolute atomic E-state index is 0.145. The second-order valence-electron chi connectivity index (χ2n) is 3.58. The molecule has 18 heavy (non-hydrogen) atoms. The number of nitrogens with one attached hydrogen (secondary N) is 1. The molecule has 0 spiro atoms. The lowest BCUT2D eigenvalue weighted by atomic mass is 10.3. The Kier molecular flexibility index (Phi) is 5.01. The van der Waals surface area contributed by atoms with Crippen LogP contribution in [0.2, 0.25) is 0 Å². The molecule has 1 aliphatic rings. The smallest absolute Gasteiger partial charge is 0.306 e. The van der Waals surface area contributed by atoms with E-state index in [2.05, 4.69) is 11.2 Å². The fourth-order valence-corrected chi connectivity index (χ4v) is 10.2. The van der Waals surface area contributed by atoms with Gasteiger partial charge in [0.25, 0.3) is 0 Å². The minimum Gasteiger partial charge on any atom is -0.466 e. The van der Waals surface area contributed by atoms with Gasteiger partial charge in [0.05, 0.1) is 18.7 Å². The molecule has 1 atom stereocenters. The highest BCUT2D eigenvalue weighted by molar-refractivity contribution is 9.01. The van der Waals surface area contributed by atoms with Crippen molar-refractivity contribution in [1.82, 2.24) is 0 Å². The zero-order valence-electron chi connectivity index (χ0n) is 9.92. The van der Waals surface area contributed by atoms with Gasteiger partial charge < -0.3 is 9.82 Å². The van der Waals surface area contributed by atoms with E-state index in [1.807, 2.05) is 25.1 Å². The van der Waals surface area contributed by atoms with Crippen LogP contribution in [0.15, 0.2) is 29.2 Å². The van der Waals surface area contributed by atoms with Crippen LogP contribution in [-0.2, 0) is 21.3 Å². The Labute approximate surface area is 120 Å². The summed E-state index contributed by atoms with van der Waals surface area (Å²) in [5.41, 5.74) is 1.12. The van der Waals surface area contributed by atoms with Gasteiger partial charge in [-0.3, -0.25) is 4.79 Å². The van der Waals surface area contributed by atoms with Crippen LogP contribution in [0.4, 0.5) is 5.69 Å². The second-order valence-corrected chi connectivity index (χ2v) is 14.4. The molecule has 0 amide bonds. The molecule has 2 rings (SSSR count). The highest BCUT2D eigenvalue weighted by Gasteiger charge is 2.28. The van der Waals surface area contributed by atoms with Crippen LogP contribution in [0.1, 0.15) is 13.3 Å². The number of ether oxygens (including phenoxy) is 1. The maximum atomic E-state index is 11.3. The molecule has 1 unspecified atom stereocenters. The number of carbonyl (C=O) groups is 1. The van der Waals surface area contributed by atoms with Gasteiger partial charge in [0.2, 0.25) is 0 Å². The maximum absolute atomic E-state index is 11.3. The van der Waals surface area contributed by atoms with Crippen molar-refractivity contribution in [2.24, 2.45) is 0 Å². The van der Waals surface area contributed by atoms with Gasteiger partial charge in [-0.15, -0.1) is 0 Å². The predicted molar refractivity (Wildman–Crippen MR) is 83.9 cm³/mol. The molecule has 1 aromatic carbocycles. The average molecular weight is 319 g/mol. The van der Waals surface area contributed by atoms with E-state index in [4.69, 9.17) is 16.5 Å². The molecule has 0 fully saturated rings. The lowest BCUT2D eigenvalue weighted by Crippen LogP contribution is -2.04. The molecule has 0 aromatic heterocycles. The van der Waals surface area contributed by atoms with E-state index < -0.39 is 4.59 Å². The number of rotatable bonds is 5. The van der Waals surface area contributed by atoms with Crippen LogP contribution in [-0.4, -0.2) is 18.3 Å². The zero-order valence-corrected chi connectivity index (χ0v) is 13.3. The first kappa shape index (κ1) is 14.3. The molecular formula is C11H14NO2PS3. The molecule has 1 aliphatic heterocycles. The van der Waals surface area contributed by atoms with Crippen molar-refractivity contribution < 1.29 is 9.53 Å². The van der Waals surface area contributed by atoms with E-state index in [0.29, 0.717) is 18.8 Å². The Morgan fingerprint density at radius 1 is 1.56 bits per heavy atom. The number of esters is 1. The first-order chi connectivity index (χ1) is 8.63. The Balaban J connectivity index is 1.85. The summed E-state index contributed by atoms with van der Waals surface area (Å²) >= 11 is 9.07. The predicted octanol–water partition coefficient (Wildman–Crippen LogP) is 4.12. The van der Waals surface area contributed by atoms with Crippen LogP contribution in [0.3, 0.4) is 0 Å². The summed E-state index contributed by atoms with van der Waals surface area (Å²) in [7, 11) is 0. The quantitative estimate of drug-likeness (QED) is 0.650. The molecule has 98 valence electrons. The van der Waals surface area contributed by atoms with Crippen molar-refractivity contribution >= 4 is 50.8 Å². The molecule has 0 saturated heterocycles. The largest absolute Gasteiger partial charge is 0.466 e. The Morgan fingerprint density at radius 3 is 3.06 bits per heavy atom. The Bertz CT molecular complexity index is 466. The summed E-state index contributed by atoms with van der Waals surface area (Å²) in [6.07, 6.45) is 0.426. The first-order valence-electron chi connectivity index (χ1n) is 5.60. The Hall–Kier alpha value is -0.160. The SMILES string of the molecule is CCOC(=O)CCSP1(=S)Nc2ccccc2S1. The lowest BCUT2D eigenvalue weighted by Gasteiger charge is -2.14. The summed E-state index contributed by atoms with van der Waals surface area (Å²) in [5.74, 6) is 0.567. The molecule has 1 N–H and O–H groups in total. The van der Waals surface area contributed by atoms with Gasteiger partial charge in [-0.05, 0) is 19.1 Å². The van der Waals surface area contributed by atoms with Gasteiger partial charge in [-0.2, -0.15) is 0 Å². The number of hydrogen-bond donors (Lipinski definition) is 1. The molecule has 0 saturated carbocycles.